The fourth-order valence-corrected chi connectivity index (χ4v) is 2.61. The summed E-state index contributed by atoms with van der Waals surface area (Å²) in [6, 6.07) is 9.49. The highest BCUT2D eigenvalue weighted by molar-refractivity contribution is 7.09. The van der Waals surface area contributed by atoms with E-state index in [1.807, 2.05) is 35.7 Å². The van der Waals surface area contributed by atoms with Gasteiger partial charge >= 0.3 is 0 Å². The van der Waals surface area contributed by atoms with E-state index >= 15 is 0 Å². The number of hydrogen-bond acceptors (Lipinski definition) is 6. The first-order valence-electron chi connectivity index (χ1n) is 6.80. The van der Waals surface area contributed by atoms with Gasteiger partial charge in [0.15, 0.2) is 5.82 Å². The minimum atomic E-state index is -0.128. The van der Waals surface area contributed by atoms with E-state index in [2.05, 4.69) is 20.4 Å². The average Bonchev–Trinajstić information content (AvgIpc) is 3.19. The van der Waals surface area contributed by atoms with Crippen molar-refractivity contribution in [2.75, 3.05) is 0 Å². The molecule has 7 heteroatoms. The molecule has 0 saturated heterocycles. The maximum atomic E-state index is 11.8. The largest absolute Gasteiger partial charge is 0.347 e. The number of pyridine rings is 1. The lowest BCUT2D eigenvalue weighted by atomic mass is 10.2. The quantitative estimate of drug-likeness (QED) is 0.752. The average molecular weight is 314 g/mol. The highest BCUT2D eigenvalue weighted by atomic mass is 32.1. The molecule has 0 bridgehead atoms. The molecule has 3 heterocycles. The van der Waals surface area contributed by atoms with Crippen molar-refractivity contribution in [2.45, 2.75) is 19.4 Å². The van der Waals surface area contributed by atoms with Crippen LogP contribution in [0.5, 0.6) is 0 Å². The molecule has 3 aromatic rings. The Bertz CT molecular complexity index is 725. The number of hydrogen-bond donors (Lipinski definition) is 1. The maximum Gasteiger partial charge on any atom is 0.246 e. The van der Waals surface area contributed by atoms with Gasteiger partial charge in [-0.05, 0) is 23.6 Å². The van der Waals surface area contributed by atoms with Crippen molar-refractivity contribution in [3.63, 3.8) is 0 Å². The third-order valence-electron chi connectivity index (χ3n) is 2.93. The number of rotatable bonds is 6. The van der Waals surface area contributed by atoms with Gasteiger partial charge in [-0.25, -0.2) is 0 Å². The minimum Gasteiger partial charge on any atom is -0.347 e. The Morgan fingerprint density at radius 3 is 3.00 bits per heavy atom. The first-order valence-corrected chi connectivity index (χ1v) is 7.68. The van der Waals surface area contributed by atoms with Crippen LogP contribution in [0.1, 0.15) is 22.3 Å². The summed E-state index contributed by atoms with van der Waals surface area (Å²) in [5.41, 5.74) is 0.726. The molecular formula is C15H14N4O2S. The monoisotopic (exact) mass is 314 g/mol. The Morgan fingerprint density at radius 2 is 2.23 bits per heavy atom. The van der Waals surface area contributed by atoms with Gasteiger partial charge in [0.2, 0.25) is 11.8 Å². The molecule has 22 heavy (non-hydrogen) atoms. The van der Waals surface area contributed by atoms with Gasteiger partial charge in [-0.2, -0.15) is 4.98 Å². The Morgan fingerprint density at radius 1 is 1.27 bits per heavy atom. The number of nitrogens with zero attached hydrogens (tertiary/aromatic N) is 3. The second-order valence-corrected chi connectivity index (χ2v) is 5.67. The zero-order valence-corrected chi connectivity index (χ0v) is 12.5. The Kier molecular flexibility index (Phi) is 4.55. The van der Waals surface area contributed by atoms with Crippen LogP contribution in [-0.2, 0) is 24.2 Å². The van der Waals surface area contributed by atoms with Crippen LogP contribution in [0.4, 0.5) is 0 Å². The van der Waals surface area contributed by atoms with E-state index in [-0.39, 0.29) is 18.9 Å². The van der Waals surface area contributed by atoms with Crippen molar-refractivity contribution >= 4 is 17.2 Å². The van der Waals surface area contributed by atoms with Crippen molar-refractivity contribution in [1.29, 1.82) is 0 Å². The number of thiophene rings is 1. The predicted molar refractivity (Wildman–Crippen MR) is 81.2 cm³/mol. The summed E-state index contributed by atoms with van der Waals surface area (Å²) in [7, 11) is 0. The summed E-state index contributed by atoms with van der Waals surface area (Å²) in [6.07, 6.45) is 2.54. The fourth-order valence-electron chi connectivity index (χ4n) is 1.91. The molecule has 0 aromatic carbocycles. The second-order valence-electron chi connectivity index (χ2n) is 4.64. The van der Waals surface area contributed by atoms with Gasteiger partial charge in [0.05, 0.1) is 13.0 Å². The van der Waals surface area contributed by atoms with Crippen LogP contribution in [-0.4, -0.2) is 21.0 Å². The maximum absolute atomic E-state index is 11.8. The summed E-state index contributed by atoms with van der Waals surface area (Å²) in [6.45, 7) is 0.225. The second kappa shape index (κ2) is 6.95. The SMILES string of the molecule is O=C(Cc1ccccn1)NCc1nc(Cc2cccs2)no1. The molecule has 3 aromatic heterocycles. The van der Waals surface area contributed by atoms with Gasteiger partial charge in [-0.3, -0.25) is 9.78 Å². The Balaban J connectivity index is 1.49. The molecule has 0 saturated carbocycles. The normalized spacial score (nSPS) is 10.5. The zero-order chi connectivity index (χ0) is 15.2. The molecule has 0 aliphatic carbocycles. The van der Waals surface area contributed by atoms with Gasteiger partial charge in [0.1, 0.15) is 0 Å². The Labute approximate surface area is 131 Å². The number of nitrogens with one attached hydrogen (secondary N) is 1. The van der Waals surface area contributed by atoms with E-state index in [1.54, 1.807) is 17.5 Å². The zero-order valence-electron chi connectivity index (χ0n) is 11.7. The molecule has 1 N–H and O–H groups in total. The van der Waals surface area contributed by atoms with Crippen LogP contribution < -0.4 is 5.32 Å². The summed E-state index contributed by atoms with van der Waals surface area (Å²) in [5.74, 6) is 0.897. The Hall–Kier alpha value is -2.54. The molecule has 0 unspecified atom stereocenters. The van der Waals surface area contributed by atoms with Crippen LogP contribution in [0.15, 0.2) is 46.4 Å². The topological polar surface area (TPSA) is 80.9 Å². The molecule has 6 nitrogen and oxygen atoms in total. The van der Waals surface area contributed by atoms with Gasteiger partial charge in [-0.1, -0.05) is 17.3 Å². The molecule has 0 spiro atoms. The standard InChI is InChI=1S/C15H14N4O2S/c20-14(8-11-4-1-2-6-16-11)17-10-15-18-13(19-21-15)9-12-5-3-7-22-12/h1-7H,8-10H2,(H,17,20). The van der Waals surface area contributed by atoms with E-state index < -0.39 is 0 Å². The van der Waals surface area contributed by atoms with E-state index in [9.17, 15) is 4.79 Å². The molecule has 0 radical (unpaired) electrons. The van der Waals surface area contributed by atoms with Crippen molar-refractivity contribution in [1.82, 2.24) is 20.4 Å². The molecule has 1 amide bonds. The summed E-state index contributed by atoms with van der Waals surface area (Å²) >= 11 is 1.65. The third kappa shape index (κ3) is 3.98. The first kappa shape index (κ1) is 14.4. The van der Waals surface area contributed by atoms with Crippen molar-refractivity contribution in [3.8, 4) is 0 Å². The van der Waals surface area contributed by atoms with Crippen molar-refractivity contribution < 1.29 is 9.32 Å². The van der Waals surface area contributed by atoms with E-state index in [0.717, 1.165) is 5.69 Å². The first-order chi connectivity index (χ1) is 10.8. The van der Waals surface area contributed by atoms with Crippen LogP contribution in [0.2, 0.25) is 0 Å². The number of amides is 1. The number of carbonyl (C=O) groups is 1. The third-order valence-corrected chi connectivity index (χ3v) is 3.80. The van der Waals surface area contributed by atoms with Crippen LogP contribution in [0.3, 0.4) is 0 Å². The lowest BCUT2D eigenvalue weighted by molar-refractivity contribution is -0.120. The van der Waals surface area contributed by atoms with Gasteiger partial charge in [-0.15, -0.1) is 11.3 Å². The van der Waals surface area contributed by atoms with E-state index in [0.29, 0.717) is 18.1 Å². The molecule has 3 rings (SSSR count). The smallest absolute Gasteiger partial charge is 0.246 e. The lowest BCUT2D eigenvalue weighted by Gasteiger charge is -2.01. The van der Waals surface area contributed by atoms with Crippen molar-refractivity contribution in [3.05, 3.63) is 64.2 Å². The van der Waals surface area contributed by atoms with E-state index in [1.165, 1.54) is 4.88 Å². The van der Waals surface area contributed by atoms with Crippen LogP contribution in [0, 0.1) is 0 Å². The van der Waals surface area contributed by atoms with Gasteiger partial charge in [0.25, 0.3) is 0 Å². The van der Waals surface area contributed by atoms with Gasteiger partial charge in [0, 0.05) is 23.2 Å². The molecule has 0 aliphatic rings. The molecular weight excluding hydrogens is 300 g/mol. The number of aromatic nitrogens is 3. The van der Waals surface area contributed by atoms with E-state index in [4.69, 9.17) is 4.52 Å². The number of carbonyl (C=O) groups excluding carboxylic acids is 1. The lowest BCUT2D eigenvalue weighted by Crippen LogP contribution is -2.25. The molecule has 112 valence electrons. The minimum absolute atomic E-state index is 0.128. The van der Waals surface area contributed by atoms with Crippen LogP contribution >= 0.6 is 11.3 Å². The van der Waals surface area contributed by atoms with Crippen LogP contribution in [0.25, 0.3) is 0 Å². The summed E-state index contributed by atoms with van der Waals surface area (Å²) in [4.78, 5) is 21.4. The molecule has 0 atom stereocenters. The summed E-state index contributed by atoms with van der Waals surface area (Å²) in [5, 5.41) is 8.67. The highest BCUT2D eigenvalue weighted by Crippen LogP contribution is 2.12. The molecule has 0 aliphatic heterocycles. The summed E-state index contributed by atoms with van der Waals surface area (Å²) < 4.78 is 5.13. The predicted octanol–water partition coefficient (Wildman–Crippen LogP) is 1.98. The van der Waals surface area contributed by atoms with Crippen molar-refractivity contribution in [2.24, 2.45) is 0 Å². The fraction of sp³-hybridized carbons (Fsp3) is 0.200. The highest BCUT2D eigenvalue weighted by Gasteiger charge is 2.10. The molecule has 0 fully saturated rings. The van der Waals surface area contributed by atoms with Gasteiger partial charge < -0.3 is 9.84 Å².